The summed E-state index contributed by atoms with van der Waals surface area (Å²) in [7, 11) is 0. The summed E-state index contributed by atoms with van der Waals surface area (Å²) in [6, 6.07) is 0. The van der Waals surface area contributed by atoms with Crippen molar-refractivity contribution < 1.29 is 9.59 Å². The smallest absolute Gasteiger partial charge is 0.136 e. The second kappa shape index (κ2) is 7.38. The molecule has 0 bridgehead atoms. The van der Waals surface area contributed by atoms with Crippen molar-refractivity contribution in [2.24, 2.45) is 5.92 Å². The van der Waals surface area contributed by atoms with Crippen molar-refractivity contribution in [2.75, 3.05) is 0 Å². The summed E-state index contributed by atoms with van der Waals surface area (Å²) in [5.74, 6) is 0.229. The molecule has 0 rings (SSSR count). The highest BCUT2D eigenvalue weighted by atomic mass is 16.1. The largest absolute Gasteiger partial charge is 0.300 e. The van der Waals surface area contributed by atoms with Crippen LogP contribution >= 0.6 is 0 Å². The van der Waals surface area contributed by atoms with Gasteiger partial charge < -0.3 is 0 Å². The van der Waals surface area contributed by atoms with Crippen molar-refractivity contribution in [2.45, 2.75) is 52.9 Å². The molecule has 0 aromatic heterocycles. The van der Waals surface area contributed by atoms with E-state index in [0.717, 1.165) is 12.0 Å². The van der Waals surface area contributed by atoms with Gasteiger partial charge in [-0.25, -0.2) is 0 Å². The van der Waals surface area contributed by atoms with Crippen LogP contribution in [-0.4, -0.2) is 11.6 Å². The first-order valence-corrected chi connectivity index (χ1v) is 5.76. The van der Waals surface area contributed by atoms with Gasteiger partial charge >= 0.3 is 0 Å². The maximum atomic E-state index is 11.6. The Morgan fingerprint density at radius 1 is 1.00 bits per heavy atom. The van der Waals surface area contributed by atoms with Gasteiger partial charge in [-0.1, -0.05) is 32.9 Å². The number of carbonyl (C=O) groups excluding carboxylic acids is 2. The fraction of sp³-hybridized carbons (Fsp3) is 0.692. The zero-order valence-electron chi connectivity index (χ0n) is 10.1. The van der Waals surface area contributed by atoms with Gasteiger partial charge in [0.25, 0.3) is 0 Å². The summed E-state index contributed by atoms with van der Waals surface area (Å²) >= 11 is 0. The lowest BCUT2D eigenvalue weighted by atomic mass is 9.88. The van der Waals surface area contributed by atoms with Gasteiger partial charge in [-0.3, -0.25) is 9.59 Å². The van der Waals surface area contributed by atoms with E-state index in [1.165, 1.54) is 0 Å². The van der Waals surface area contributed by atoms with Crippen molar-refractivity contribution in [1.82, 2.24) is 0 Å². The quantitative estimate of drug-likeness (QED) is 0.576. The predicted molar refractivity (Wildman–Crippen MR) is 62.8 cm³/mol. The van der Waals surface area contributed by atoms with E-state index in [1.807, 2.05) is 20.8 Å². The molecule has 0 amide bonds. The molecule has 0 aliphatic rings. The molecule has 1 atom stereocenters. The van der Waals surface area contributed by atoms with Crippen molar-refractivity contribution in [3.63, 3.8) is 0 Å². The number of Topliss-reactive ketones (excluding diaryl/α,β-unsaturated/α-hetero) is 2. The molecule has 0 fully saturated rings. The number of carbonyl (C=O) groups is 2. The summed E-state index contributed by atoms with van der Waals surface area (Å²) < 4.78 is 0. The van der Waals surface area contributed by atoms with Gasteiger partial charge in [0.15, 0.2) is 0 Å². The van der Waals surface area contributed by atoms with Crippen molar-refractivity contribution >= 4 is 11.6 Å². The van der Waals surface area contributed by atoms with Crippen molar-refractivity contribution in [3.05, 3.63) is 12.2 Å². The van der Waals surface area contributed by atoms with Crippen LogP contribution in [0.3, 0.4) is 0 Å². The molecule has 0 heterocycles. The van der Waals surface area contributed by atoms with E-state index < -0.39 is 0 Å². The molecule has 0 aliphatic carbocycles. The Hall–Kier alpha value is -0.920. The molecular weight excluding hydrogens is 188 g/mol. The van der Waals surface area contributed by atoms with E-state index in [-0.39, 0.29) is 17.5 Å². The third kappa shape index (κ3) is 5.50. The van der Waals surface area contributed by atoms with Gasteiger partial charge in [0.2, 0.25) is 0 Å². The first-order chi connectivity index (χ1) is 7.04. The highest BCUT2D eigenvalue weighted by molar-refractivity contribution is 5.87. The molecule has 0 aromatic rings. The molecule has 2 nitrogen and oxygen atoms in total. The van der Waals surface area contributed by atoms with Crippen LogP contribution in [0.1, 0.15) is 52.9 Å². The molecular formula is C13H22O2. The third-order valence-corrected chi connectivity index (χ3v) is 2.71. The molecule has 0 saturated heterocycles. The number of ketones is 2. The van der Waals surface area contributed by atoms with Crippen LogP contribution in [0.5, 0.6) is 0 Å². The molecule has 15 heavy (non-hydrogen) atoms. The van der Waals surface area contributed by atoms with Gasteiger partial charge in [0, 0.05) is 25.2 Å². The minimum Gasteiger partial charge on any atom is -0.300 e. The van der Waals surface area contributed by atoms with E-state index in [2.05, 4.69) is 6.58 Å². The van der Waals surface area contributed by atoms with Gasteiger partial charge in [-0.2, -0.15) is 0 Å². The number of allylic oxidation sites excluding steroid dienone is 1. The molecule has 0 N–H and O–H groups in total. The molecule has 0 aliphatic heterocycles. The maximum Gasteiger partial charge on any atom is 0.136 e. The van der Waals surface area contributed by atoms with Gasteiger partial charge in [-0.05, 0) is 12.8 Å². The summed E-state index contributed by atoms with van der Waals surface area (Å²) in [6.07, 6.45) is 2.98. The minimum absolute atomic E-state index is 0.130. The lowest BCUT2D eigenvalue weighted by Crippen LogP contribution is -2.18. The Kier molecular flexibility index (Phi) is 6.93. The highest BCUT2D eigenvalue weighted by Gasteiger charge is 2.19. The molecule has 0 saturated carbocycles. The van der Waals surface area contributed by atoms with Crippen molar-refractivity contribution in [1.29, 1.82) is 0 Å². The fourth-order valence-electron chi connectivity index (χ4n) is 1.50. The molecule has 86 valence electrons. The van der Waals surface area contributed by atoms with E-state index in [0.29, 0.717) is 25.7 Å². The zero-order valence-corrected chi connectivity index (χ0v) is 10.1. The zero-order chi connectivity index (χ0) is 11.8. The first-order valence-electron chi connectivity index (χ1n) is 5.76. The van der Waals surface area contributed by atoms with E-state index in [9.17, 15) is 9.59 Å². The monoisotopic (exact) mass is 210 g/mol. The summed E-state index contributed by atoms with van der Waals surface area (Å²) in [5.41, 5.74) is 1.06. The van der Waals surface area contributed by atoms with Crippen LogP contribution in [0.15, 0.2) is 12.2 Å². The molecule has 0 spiro atoms. The Bertz CT molecular complexity index is 223. The average Bonchev–Trinajstić information content (AvgIpc) is 2.26. The fourth-order valence-corrected chi connectivity index (χ4v) is 1.50. The SMILES string of the molecule is C=C(CC)CC(CC(=O)CC)C(=O)CC. The number of hydrogen-bond donors (Lipinski definition) is 0. The standard InChI is InChI=1S/C13H22O2/c1-5-10(4)8-11(13(15)7-3)9-12(14)6-2/h11H,4-9H2,1-3H3. The lowest BCUT2D eigenvalue weighted by Gasteiger charge is -2.14. The van der Waals surface area contributed by atoms with Gasteiger partial charge in [0.05, 0.1) is 0 Å². The number of hydrogen-bond acceptors (Lipinski definition) is 2. The molecule has 2 heteroatoms. The Balaban J connectivity index is 4.37. The normalized spacial score (nSPS) is 12.2. The van der Waals surface area contributed by atoms with Crippen LogP contribution in [-0.2, 0) is 9.59 Å². The number of rotatable bonds is 8. The van der Waals surface area contributed by atoms with Crippen LogP contribution in [0.25, 0.3) is 0 Å². The van der Waals surface area contributed by atoms with Crippen LogP contribution in [0, 0.1) is 5.92 Å². The van der Waals surface area contributed by atoms with Crippen LogP contribution in [0.4, 0.5) is 0 Å². The summed E-state index contributed by atoms with van der Waals surface area (Å²) in [6.45, 7) is 9.61. The topological polar surface area (TPSA) is 34.1 Å². The van der Waals surface area contributed by atoms with Crippen LogP contribution < -0.4 is 0 Å². The average molecular weight is 210 g/mol. The minimum atomic E-state index is -0.130. The van der Waals surface area contributed by atoms with Crippen LogP contribution in [0.2, 0.25) is 0 Å². The second-order valence-corrected chi connectivity index (χ2v) is 3.92. The Morgan fingerprint density at radius 3 is 2.00 bits per heavy atom. The lowest BCUT2D eigenvalue weighted by molar-refractivity contribution is -0.127. The van der Waals surface area contributed by atoms with Crippen molar-refractivity contribution in [3.8, 4) is 0 Å². The van der Waals surface area contributed by atoms with Gasteiger partial charge in [-0.15, -0.1) is 0 Å². The highest BCUT2D eigenvalue weighted by Crippen LogP contribution is 2.19. The summed E-state index contributed by atoms with van der Waals surface area (Å²) in [4.78, 5) is 23.0. The Morgan fingerprint density at radius 2 is 1.60 bits per heavy atom. The van der Waals surface area contributed by atoms with E-state index >= 15 is 0 Å². The van der Waals surface area contributed by atoms with E-state index in [1.54, 1.807) is 0 Å². The third-order valence-electron chi connectivity index (χ3n) is 2.71. The van der Waals surface area contributed by atoms with Gasteiger partial charge in [0.1, 0.15) is 11.6 Å². The first kappa shape index (κ1) is 14.1. The Labute approximate surface area is 92.8 Å². The predicted octanol–water partition coefficient (Wildman–Crippen LogP) is 3.31. The molecule has 0 aromatic carbocycles. The van der Waals surface area contributed by atoms with E-state index in [4.69, 9.17) is 0 Å². The molecule has 0 radical (unpaired) electrons. The second-order valence-electron chi connectivity index (χ2n) is 3.92. The maximum absolute atomic E-state index is 11.6. The molecule has 1 unspecified atom stereocenters. The summed E-state index contributed by atoms with van der Waals surface area (Å²) in [5, 5.41) is 0.